The molecule has 0 radical (unpaired) electrons. The molecule has 0 spiro atoms. The highest BCUT2D eigenvalue weighted by molar-refractivity contribution is 4.66. The number of hydrogen-bond acceptors (Lipinski definition) is 0. The molecule has 0 aliphatic heterocycles. The van der Waals surface area contributed by atoms with Crippen LogP contribution < -0.4 is 4.57 Å². The number of aryl methyl sites for hydroxylation is 2. The SMILES string of the molecule is CCCCCCCCCCCCCCCCCCn1cc[n+](CCCCCCCCCCCCC)c1. The van der Waals surface area contributed by atoms with Gasteiger partial charge in [0.15, 0.2) is 0 Å². The molecular formula is C34H67N2+. The van der Waals surface area contributed by atoms with E-state index in [1.165, 1.54) is 186 Å². The van der Waals surface area contributed by atoms with Crippen LogP contribution in [0.1, 0.15) is 187 Å². The van der Waals surface area contributed by atoms with Crippen LogP contribution in [0.5, 0.6) is 0 Å². The highest BCUT2D eigenvalue weighted by Crippen LogP contribution is 2.14. The second-order valence-corrected chi connectivity index (χ2v) is 11.7. The summed E-state index contributed by atoms with van der Waals surface area (Å²) in [5, 5.41) is 0. The van der Waals surface area contributed by atoms with Crippen LogP contribution in [-0.2, 0) is 13.1 Å². The molecule has 0 fully saturated rings. The topological polar surface area (TPSA) is 8.81 Å². The van der Waals surface area contributed by atoms with E-state index in [1.807, 2.05) is 0 Å². The first-order chi connectivity index (χ1) is 17.9. The minimum atomic E-state index is 1.20. The Hall–Kier alpha value is -0.790. The molecule has 1 aromatic rings. The molecular weight excluding hydrogens is 436 g/mol. The van der Waals surface area contributed by atoms with Crippen molar-refractivity contribution in [1.82, 2.24) is 4.57 Å². The number of rotatable bonds is 29. The molecule has 2 heteroatoms. The molecule has 0 amide bonds. The van der Waals surface area contributed by atoms with Crippen molar-refractivity contribution in [2.75, 3.05) is 0 Å². The van der Waals surface area contributed by atoms with Gasteiger partial charge in [-0.05, 0) is 25.7 Å². The van der Waals surface area contributed by atoms with Gasteiger partial charge in [-0.3, -0.25) is 0 Å². The van der Waals surface area contributed by atoms with Gasteiger partial charge in [-0.2, -0.15) is 0 Å². The summed E-state index contributed by atoms with van der Waals surface area (Å²) in [7, 11) is 0. The van der Waals surface area contributed by atoms with E-state index in [0.29, 0.717) is 0 Å². The largest absolute Gasteiger partial charge is 0.243 e. The summed E-state index contributed by atoms with van der Waals surface area (Å²) in [5.41, 5.74) is 0. The quantitative estimate of drug-likeness (QED) is 0.0759. The maximum atomic E-state index is 2.41. The Morgan fingerprint density at radius 2 is 0.750 bits per heavy atom. The van der Waals surface area contributed by atoms with Crippen LogP contribution in [0.4, 0.5) is 0 Å². The number of hydrogen-bond donors (Lipinski definition) is 0. The lowest BCUT2D eigenvalue weighted by Crippen LogP contribution is -2.30. The second-order valence-electron chi connectivity index (χ2n) is 11.7. The molecule has 0 unspecified atom stereocenters. The minimum absolute atomic E-state index is 1.20. The van der Waals surface area contributed by atoms with Crippen LogP contribution in [0.25, 0.3) is 0 Å². The van der Waals surface area contributed by atoms with E-state index >= 15 is 0 Å². The fraction of sp³-hybridized carbons (Fsp3) is 0.912. The molecule has 1 rings (SSSR count). The van der Waals surface area contributed by atoms with Crippen molar-refractivity contribution in [3.05, 3.63) is 18.7 Å². The van der Waals surface area contributed by atoms with Crippen molar-refractivity contribution in [3.63, 3.8) is 0 Å². The van der Waals surface area contributed by atoms with Gasteiger partial charge in [0.1, 0.15) is 12.4 Å². The third kappa shape index (κ3) is 22.4. The van der Waals surface area contributed by atoms with Crippen molar-refractivity contribution in [2.45, 2.75) is 200 Å². The van der Waals surface area contributed by atoms with Crippen molar-refractivity contribution in [1.29, 1.82) is 0 Å². The molecule has 1 heterocycles. The van der Waals surface area contributed by atoms with Gasteiger partial charge in [-0.15, -0.1) is 0 Å². The summed E-state index contributed by atoms with van der Waals surface area (Å²) in [4.78, 5) is 0. The molecule has 0 saturated heterocycles. The average molecular weight is 504 g/mol. The van der Waals surface area contributed by atoms with E-state index in [-0.39, 0.29) is 0 Å². The molecule has 0 aliphatic rings. The fourth-order valence-electron chi connectivity index (χ4n) is 5.50. The first kappa shape index (κ1) is 33.2. The van der Waals surface area contributed by atoms with Crippen LogP contribution in [0.3, 0.4) is 0 Å². The van der Waals surface area contributed by atoms with Crippen LogP contribution in [0.15, 0.2) is 18.7 Å². The molecule has 0 aliphatic carbocycles. The van der Waals surface area contributed by atoms with Crippen LogP contribution >= 0.6 is 0 Å². The predicted molar refractivity (Wildman–Crippen MR) is 161 cm³/mol. The Morgan fingerprint density at radius 3 is 1.14 bits per heavy atom. The Balaban J connectivity index is 1.80. The zero-order valence-corrected chi connectivity index (χ0v) is 25.1. The summed E-state index contributed by atoms with van der Waals surface area (Å²) in [6, 6.07) is 0. The van der Waals surface area contributed by atoms with Gasteiger partial charge in [-0.25, -0.2) is 9.13 Å². The Labute approximate surface area is 228 Å². The van der Waals surface area contributed by atoms with Crippen molar-refractivity contribution in [2.24, 2.45) is 0 Å². The lowest BCUT2D eigenvalue weighted by Gasteiger charge is -2.03. The van der Waals surface area contributed by atoms with E-state index < -0.39 is 0 Å². The third-order valence-corrected chi connectivity index (χ3v) is 8.04. The predicted octanol–water partition coefficient (Wildman–Crippen LogP) is 11.3. The maximum Gasteiger partial charge on any atom is 0.243 e. The monoisotopic (exact) mass is 504 g/mol. The maximum absolute atomic E-state index is 2.41. The van der Waals surface area contributed by atoms with Crippen molar-refractivity contribution in [3.8, 4) is 0 Å². The van der Waals surface area contributed by atoms with E-state index in [4.69, 9.17) is 0 Å². The average Bonchev–Trinajstić information content (AvgIpc) is 3.34. The van der Waals surface area contributed by atoms with Gasteiger partial charge >= 0.3 is 0 Å². The molecule has 2 nitrogen and oxygen atoms in total. The Bertz CT molecular complexity index is 535. The van der Waals surface area contributed by atoms with E-state index in [2.05, 4.69) is 41.7 Å². The third-order valence-electron chi connectivity index (χ3n) is 8.04. The second kappa shape index (κ2) is 27.3. The lowest BCUT2D eigenvalue weighted by molar-refractivity contribution is -0.696. The summed E-state index contributed by atoms with van der Waals surface area (Å²) >= 11 is 0. The zero-order chi connectivity index (χ0) is 25.8. The van der Waals surface area contributed by atoms with Crippen molar-refractivity contribution >= 4 is 0 Å². The standard InChI is InChI=1S/C34H67N2/c1-3-5-7-9-11-13-15-16-17-18-19-21-23-25-27-29-31-36-33-32-35(34-36)30-28-26-24-22-20-14-12-10-8-6-4-2/h32-34H,3-31H2,1-2H3/q+1. The Morgan fingerprint density at radius 1 is 0.417 bits per heavy atom. The van der Waals surface area contributed by atoms with E-state index in [9.17, 15) is 0 Å². The van der Waals surface area contributed by atoms with E-state index in [1.54, 1.807) is 0 Å². The first-order valence-corrected chi connectivity index (χ1v) is 16.9. The summed E-state index contributed by atoms with van der Waals surface area (Å²) in [6.45, 7) is 7.00. The minimum Gasteiger partial charge on any atom is -0.237 e. The van der Waals surface area contributed by atoms with Gasteiger partial charge in [0.25, 0.3) is 0 Å². The number of nitrogens with zero attached hydrogens (tertiary/aromatic N) is 2. The highest BCUT2D eigenvalue weighted by atomic mass is 15.1. The molecule has 0 atom stereocenters. The van der Waals surface area contributed by atoms with Gasteiger partial charge in [-0.1, -0.05) is 162 Å². The smallest absolute Gasteiger partial charge is 0.237 e. The van der Waals surface area contributed by atoms with Crippen LogP contribution in [0, 0.1) is 0 Å². The summed E-state index contributed by atoms with van der Waals surface area (Å²) in [5.74, 6) is 0. The molecule has 0 saturated carbocycles. The highest BCUT2D eigenvalue weighted by Gasteiger charge is 2.03. The van der Waals surface area contributed by atoms with E-state index in [0.717, 1.165) is 0 Å². The molecule has 0 aromatic carbocycles. The van der Waals surface area contributed by atoms with Gasteiger partial charge in [0.05, 0.1) is 13.1 Å². The molecule has 1 aromatic heterocycles. The molecule has 0 N–H and O–H groups in total. The first-order valence-electron chi connectivity index (χ1n) is 16.9. The summed E-state index contributed by atoms with van der Waals surface area (Å²) < 4.78 is 4.81. The number of unbranched alkanes of at least 4 members (excludes halogenated alkanes) is 25. The van der Waals surface area contributed by atoms with Gasteiger partial charge < -0.3 is 0 Å². The summed E-state index contributed by atoms with van der Waals surface area (Å²) in [6.07, 6.45) is 45.7. The fourth-order valence-corrected chi connectivity index (χ4v) is 5.50. The zero-order valence-electron chi connectivity index (χ0n) is 25.1. The van der Waals surface area contributed by atoms with Crippen LogP contribution in [-0.4, -0.2) is 4.57 Å². The van der Waals surface area contributed by atoms with Crippen molar-refractivity contribution < 1.29 is 4.57 Å². The number of aromatic nitrogens is 2. The number of imidazole rings is 1. The lowest BCUT2D eigenvalue weighted by atomic mass is 10.0. The molecule has 36 heavy (non-hydrogen) atoms. The van der Waals surface area contributed by atoms with Crippen LogP contribution in [0.2, 0.25) is 0 Å². The molecule has 0 bridgehead atoms. The Kier molecular flexibility index (Phi) is 25.2. The molecule has 212 valence electrons. The van der Waals surface area contributed by atoms with Gasteiger partial charge in [0, 0.05) is 0 Å². The van der Waals surface area contributed by atoms with Gasteiger partial charge in [0.2, 0.25) is 6.33 Å². The normalized spacial score (nSPS) is 11.5.